The van der Waals surface area contributed by atoms with E-state index in [-0.39, 0.29) is 36.8 Å². The van der Waals surface area contributed by atoms with Crippen LogP contribution < -0.4 is 11.1 Å². The van der Waals surface area contributed by atoms with Crippen molar-refractivity contribution in [2.45, 2.75) is 51.7 Å². The summed E-state index contributed by atoms with van der Waals surface area (Å²) in [4.78, 5) is 17.8. The normalized spacial score (nSPS) is 20.0. The highest BCUT2D eigenvalue weighted by atomic mass is 35.5. The van der Waals surface area contributed by atoms with Crippen LogP contribution in [0, 0.1) is 0 Å². The maximum atomic E-state index is 11.0. The van der Waals surface area contributed by atoms with E-state index in [1.54, 1.807) is 0 Å². The highest BCUT2D eigenvalue weighted by Gasteiger charge is 2.25. The molecule has 1 aliphatic rings. The van der Waals surface area contributed by atoms with Crippen molar-refractivity contribution >= 4 is 47.2 Å². The van der Waals surface area contributed by atoms with Crippen molar-refractivity contribution in [3.8, 4) is 0 Å². The standard InChI is InChI=1S/C13H22N4OS.2ClH/c1-9(14)12-5-3-4-6-17(12)7-11-8-19-13(16-11)15-10(2)18;;/h8-9,12H,3-7,14H2,1-2H3,(H,15,16,18);2*1H. The van der Waals surface area contributed by atoms with Gasteiger partial charge in [0.2, 0.25) is 5.91 Å². The molecule has 0 saturated carbocycles. The van der Waals surface area contributed by atoms with Crippen LogP contribution in [-0.2, 0) is 11.3 Å². The van der Waals surface area contributed by atoms with E-state index in [0.29, 0.717) is 11.2 Å². The van der Waals surface area contributed by atoms with Crippen LogP contribution in [0.4, 0.5) is 5.13 Å². The number of hydrogen-bond donors (Lipinski definition) is 2. The number of hydrogen-bond acceptors (Lipinski definition) is 5. The third-order valence-electron chi connectivity index (χ3n) is 3.47. The molecule has 1 saturated heterocycles. The number of carbonyl (C=O) groups excluding carboxylic acids is 1. The Morgan fingerprint density at radius 3 is 2.90 bits per heavy atom. The van der Waals surface area contributed by atoms with Crippen LogP contribution in [0.1, 0.15) is 38.8 Å². The molecule has 1 fully saturated rings. The van der Waals surface area contributed by atoms with E-state index in [4.69, 9.17) is 5.73 Å². The second-order valence-electron chi connectivity index (χ2n) is 5.22. The first kappa shape index (κ1) is 20.6. The molecule has 0 radical (unpaired) electrons. The second kappa shape index (κ2) is 9.58. The summed E-state index contributed by atoms with van der Waals surface area (Å²) in [7, 11) is 0. The fourth-order valence-corrected chi connectivity index (χ4v) is 3.35. The molecule has 2 rings (SSSR count). The summed E-state index contributed by atoms with van der Waals surface area (Å²) in [5.41, 5.74) is 7.08. The molecule has 1 aliphatic heterocycles. The number of piperidine rings is 1. The molecule has 1 aromatic rings. The van der Waals surface area contributed by atoms with E-state index in [2.05, 4.69) is 22.1 Å². The van der Waals surface area contributed by atoms with Gasteiger partial charge >= 0.3 is 0 Å². The zero-order chi connectivity index (χ0) is 13.8. The molecule has 1 amide bonds. The minimum Gasteiger partial charge on any atom is -0.327 e. The van der Waals surface area contributed by atoms with Gasteiger partial charge in [-0.1, -0.05) is 6.42 Å². The zero-order valence-corrected chi connectivity index (χ0v) is 14.8. The van der Waals surface area contributed by atoms with Gasteiger partial charge in [0.25, 0.3) is 0 Å². The van der Waals surface area contributed by atoms with Crippen LogP contribution in [0.3, 0.4) is 0 Å². The summed E-state index contributed by atoms with van der Waals surface area (Å²) in [5.74, 6) is -0.0765. The van der Waals surface area contributed by atoms with Gasteiger partial charge in [-0.2, -0.15) is 0 Å². The van der Waals surface area contributed by atoms with Crippen molar-refractivity contribution in [1.29, 1.82) is 0 Å². The summed E-state index contributed by atoms with van der Waals surface area (Å²) in [6.45, 7) is 5.48. The van der Waals surface area contributed by atoms with Gasteiger partial charge in [0.1, 0.15) is 0 Å². The van der Waals surface area contributed by atoms with Crippen LogP contribution in [0.15, 0.2) is 5.38 Å². The molecule has 0 spiro atoms. The molecule has 2 heterocycles. The Labute approximate surface area is 142 Å². The average molecular weight is 355 g/mol. The van der Waals surface area contributed by atoms with E-state index in [1.165, 1.54) is 37.5 Å². The molecule has 8 heteroatoms. The number of anilines is 1. The highest BCUT2D eigenvalue weighted by molar-refractivity contribution is 7.13. The lowest BCUT2D eigenvalue weighted by Crippen LogP contribution is -2.48. The lowest BCUT2D eigenvalue weighted by molar-refractivity contribution is -0.114. The molecule has 2 unspecified atom stereocenters. The van der Waals surface area contributed by atoms with Crippen LogP contribution in [0.5, 0.6) is 0 Å². The number of halogens is 2. The van der Waals surface area contributed by atoms with Gasteiger partial charge in [-0.15, -0.1) is 36.2 Å². The molecule has 5 nitrogen and oxygen atoms in total. The van der Waals surface area contributed by atoms with E-state index < -0.39 is 0 Å². The van der Waals surface area contributed by atoms with Gasteiger partial charge in [-0.25, -0.2) is 4.98 Å². The van der Waals surface area contributed by atoms with E-state index in [9.17, 15) is 4.79 Å². The van der Waals surface area contributed by atoms with Gasteiger partial charge in [0, 0.05) is 30.9 Å². The summed E-state index contributed by atoms with van der Waals surface area (Å²) < 4.78 is 0. The van der Waals surface area contributed by atoms with E-state index in [1.807, 2.05) is 5.38 Å². The molecule has 0 bridgehead atoms. The van der Waals surface area contributed by atoms with Crippen molar-refractivity contribution in [1.82, 2.24) is 9.88 Å². The Morgan fingerprint density at radius 2 is 2.29 bits per heavy atom. The van der Waals surface area contributed by atoms with Crippen LogP contribution in [0.25, 0.3) is 0 Å². The third kappa shape index (κ3) is 6.08. The smallest absolute Gasteiger partial charge is 0.223 e. The Morgan fingerprint density at radius 1 is 1.57 bits per heavy atom. The number of likely N-dealkylation sites (tertiary alicyclic amines) is 1. The number of nitrogens with zero attached hydrogens (tertiary/aromatic N) is 2. The second-order valence-corrected chi connectivity index (χ2v) is 6.08. The number of aromatic nitrogens is 1. The first-order valence-electron chi connectivity index (χ1n) is 6.78. The fourth-order valence-electron chi connectivity index (χ4n) is 2.60. The third-order valence-corrected chi connectivity index (χ3v) is 4.28. The summed E-state index contributed by atoms with van der Waals surface area (Å²) in [5, 5.41) is 5.41. The summed E-state index contributed by atoms with van der Waals surface area (Å²) in [6.07, 6.45) is 3.66. The van der Waals surface area contributed by atoms with Crippen LogP contribution in [-0.4, -0.2) is 34.4 Å². The van der Waals surface area contributed by atoms with Gasteiger partial charge in [-0.3, -0.25) is 9.69 Å². The lowest BCUT2D eigenvalue weighted by atomic mass is 9.97. The Hall–Kier alpha value is -0.400. The Bertz CT molecular complexity index is 442. The van der Waals surface area contributed by atoms with Crippen LogP contribution in [0.2, 0.25) is 0 Å². The summed E-state index contributed by atoms with van der Waals surface area (Å²) >= 11 is 1.48. The van der Waals surface area contributed by atoms with Crippen LogP contribution >= 0.6 is 36.2 Å². The number of rotatable bonds is 4. The first-order chi connectivity index (χ1) is 9.06. The van der Waals surface area contributed by atoms with Crippen molar-refractivity contribution in [2.75, 3.05) is 11.9 Å². The molecule has 2 atom stereocenters. The molecular formula is C13H24Cl2N4OS. The monoisotopic (exact) mass is 354 g/mol. The fraction of sp³-hybridized carbons (Fsp3) is 0.692. The predicted molar refractivity (Wildman–Crippen MR) is 92.6 cm³/mol. The number of nitrogens with one attached hydrogen (secondary N) is 1. The van der Waals surface area contributed by atoms with Crippen molar-refractivity contribution in [3.63, 3.8) is 0 Å². The van der Waals surface area contributed by atoms with Gasteiger partial charge in [0.15, 0.2) is 5.13 Å². The lowest BCUT2D eigenvalue weighted by Gasteiger charge is -2.37. The van der Waals surface area contributed by atoms with Crippen molar-refractivity contribution in [3.05, 3.63) is 11.1 Å². The molecule has 3 N–H and O–H groups in total. The van der Waals surface area contributed by atoms with Gasteiger partial charge in [0.05, 0.1) is 5.69 Å². The zero-order valence-electron chi connectivity index (χ0n) is 12.4. The number of nitrogens with two attached hydrogens (primary N) is 1. The van der Waals surface area contributed by atoms with Gasteiger partial charge in [-0.05, 0) is 26.3 Å². The van der Waals surface area contributed by atoms with E-state index >= 15 is 0 Å². The maximum Gasteiger partial charge on any atom is 0.223 e. The summed E-state index contributed by atoms with van der Waals surface area (Å²) in [6, 6.07) is 0.633. The molecule has 0 aliphatic carbocycles. The van der Waals surface area contributed by atoms with Crippen molar-refractivity contribution < 1.29 is 4.79 Å². The molecule has 122 valence electrons. The average Bonchev–Trinajstić information content (AvgIpc) is 2.76. The number of thiazole rings is 1. The topological polar surface area (TPSA) is 71.2 Å². The minimum absolute atomic E-state index is 0. The predicted octanol–water partition coefficient (Wildman–Crippen LogP) is 2.65. The maximum absolute atomic E-state index is 11.0. The Kier molecular flexibility index (Phi) is 9.40. The SMILES string of the molecule is CC(=O)Nc1nc(CN2CCCCC2C(C)N)cs1.Cl.Cl. The quantitative estimate of drug-likeness (QED) is 0.871. The molecule has 1 aromatic heterocycles. The minimum atomic E-state index is -0.0765. The van der Waals surface area contributed by atoms with Crippen molar-refractivity contribution in [2.24, 2.45) is 5.73 Å². The van der Waals surface area contributed by atoms with Gasteiger partial charge < -0.3 is 11.1 Å². The Balaban J connectivity index is 0.00000200. The largest absolute Gasteiger partial charge is 0.327 e. The van der Waals surface area contributed by atoms with E-state index in [0.717, 1.165) is 18.8 Å². The molecule has 0 aromatic carbocycles. The molecular weight excluding hydrogens is 331 g/mol. The first-order valence-corrected chi connectivity index (χ1v) is 7.66. The number of amides is 1. The number of carbonyl (C=O) groups is 1. The highest BCUT2D eigenvalue weighted by Crippen LogP contribution is 2.23. The molecule has 21 heavy (non-hydrogen) atoms.